The van der Waals surface area contributed by atoms with E-state index in [2.05, 4.69) is 23.5 Å². The van der Waals surface area contributed by atoms with Gasteiger partial charge in [-0.3, -0.25) is 4.79 Å². The zero-order valence-corrected chi connectivity index (χ0v) is 10.1. The summed E-state index contributed by atoms with van der Waals surface area (Å²) in [5, 5.41) is 3.26. The van der Waals surface area contributed by atoms with Crippen molar-refractivity contribution in [2.45, 2.75) is 19.3 Å². The van der Waals surface area contributed by atoms with Crippen LogP contribution in [-0.4, -0.2) is 13.3 Å². The van der Waals surface area contributed by atoms with Gasteiger partial charge in [0.25, 0.3) is 0 Å². The van der Waals surface area contributed by atoms with Crippen molar-refractivity contribution in [2.75, 3.05) is 7.05 Å². The second-order valence-corrected chi connectivity index (χ2v) is 4.23. The predicted molar refractivity (Wildman–Crippen MR) is 70.0 cm³/mol. The smallest absolute Gasteiger partial charge is 0.150 e. The maximum Gasteiger partial charge on any atom is 0.150 e. The summed E-state index contributed by atoms with van der Waals surface area (Å²) >= 11 is 0. The van der Waals surface area contributed by atoms with Crippen LogP contribution in [0.1, 0.15) is 28.8 Å². The number of rotatable bonds is 4. The van der Waals surface area contributed by atoms with E-state index in [0.717, 1.165) is 31.1 Å². The molecule has 2 heteroatoms. The van der Waals surface area contributed by atoms with Gasteiger partial charge in [0, 0.05) is 18.3 Å². The highest BCUT2D eigenvalue weighted by Gasteiger charge is 2.07. The molecule has 1 aromatic rings. The van der Waals surface area contributed by atoms with Crippen LogP contribution in [-0.2, 0) is 6.42 Å². The van der Waals surface area contributed by atoms with Gasteiger partial charge in [0.15, 0.2) is 0 Å². The van der Waals surface area contributed by atoms with Gasteiger partial charge >= 0.3 is 0 Å². The van der Waals surface area contributed by atoms with Crippen molar-refractivity contribution in [2.24, 2.45) is 0 Å². The van der Waals surface area contributed by atoms with Gasteiger partial charge in [-0.15, -0.1) is 0 Å². The average molecular weight is 227 g/mol. The van der Waals surface area contributed by atoms with Crippen LogP contribution < -0.4 is 5.32 Å². The predicted octanol–water partition coefficient (Wildman–Crippen LogP) is 2.87. The second kappa shape index (κ2) is 5.48. The fraction of sp³-hybridized carbons (Fsp3) is 0.267. The first-order chi connectivity index (χ1) is 8.33. The molecule has 17 heavy (non-hydrogen) atoms. The minimum atomic E-state index is 0.744. The highest BCUT2D eigenvalue weighted by atomic mass is 16.1. The first-order valence-electron chi connectivity index (χ1n) is 5.94. The molecular weight excluding hydrogens is 210 g/mol. The van der Waals surface area contributed by atoms with E-state index in [1.54, 1.807) is 0 Å². The molecule has 2 rings (SSSR count). The molecule has 1 aliphatic carbocycles. The number of allylic oxidation sites excluding steroid dienone is 4. The lowest BCUT2D eigenvalue weighted by atomic mass is 9.96. The summed E-state index contributed by atoms with van der Waals surface area (Å²) < 4.78 is 0. The Morgan fingerprint density at radius 1 is 1.41 bits per heavy atom. The molecule has 1 aliphatic rings. The molecule has 0 amide bonds. The Hall–Kier alpha value is -1.83. The van der Waals surface area contributed by atoms with Crippen LogP contribution in [0.25, 0.3) is 0 Å². The molecule has 0 heterocycles. The summed E-state index contributed by atoms with van der Waals surface area (Å²) in [6.45, 7) is 0. The van der Waals surface area contributed by atoms with E-state index in [1.165, 1.54) is 16.8 Å². The number of aldehydes is 1. The number of carbonyl (C=O) groups is 1. The van der Waals surface area contributed by atoms with Crippen molar-refractivity contribution < 1.29 is 4.79 Å². The van der Waals surface area contributed by atoms with Crippen LogP contribution in [0, 0.1) is 0 Å². The van der Waals surface area contributed by atoms with E-state index in [0.29, 0.717) is 0 Å². The third-order valence-electron chi connectivity index (χ3n) is 3.05. The van der Waals surface area contributed by atoms with E-state index in [9.17, 15) is 4.79 Å². The van der Waals surface area contributed by atoms with Gasteiger partial charge in [0.2, 0.25) is 0 Å². The van der Waals surface area contributed by atoms with E-state index in [-0.39, 0.29) is 0 Å². The standard InChI is InChI=1S/C15H17NO/c1-16-15-8-3-2-7-14(15)10-12-5-4-6-13(9-12)11-17/h2,4-7,9,11,16H,3,8,10H2,1H3. The van der Waals surface area contributed by atoms with Crippen molar-refractivity contribution in [3.05, 3.63) is 58.8 Å². The highest BCUT2D eigenvalue weighted by Crippen LogP contribution is 2.20. The van der Waals surface area contributed by atoms with E-state index in [4.69, 9.17) is 0 Å². The molecule has 1 aromatic carbocycles. The summed E-state index contributed by atoms with van der Waals surface area (Å²) in [4.78, 5) is 10.7. The lowest BCUT2D eigenvalue weighted by molar-refractivity contribution is 0.112. The normalized spacial score (nSPS) is 14.9. The van der Waals surface area contributed by atoms with Gasteiger partial charge in [-0.2, -0.15) is 0 Å². The quantitative estimate of drug-likeness (QED) is 0.801. The van der Waals surface area contributed by atoms with Gasteiger partial charge < -0.3 is 5.32 Å². The van der Waals surface area contributed by atoms with Crippen molar-refractivity contribution in [3.8, 4) is 0 Å². The Labute approximate surface area is 102 Å². The summed E-state index contributed by atoms with van der Waals surface area (Å²) in [5.41, 5.74) is 4.56. The summed E-state index contributed by atoms with van der Waals surface area (Å²) in [7, 11) is 1.97. The molecule has 0 spiro atoms. The van der Waals surface area contributed by atoms with E-state index >= 15 is 0 Å². The van der Waals surface area contributed by atoms with Crippen molar-refractivity contribution >= 4 is 6.29 Å². The lowest BCUT2D eigenvalue weighted by Gasteiger charge is -2.16. The highest BCUT2D eigenvalue weighted by molar-refractivity contribution is 5.75. The van der Waals surface area contributed by atoms with Crippen molar-refractivity contribution in [1.82, 2.24) is 5.32 Å². The first kappa shape index (κ1) is 11.6. The molecule has 2 nitrogen and oxygen atoms in total. The van der Waals surface area contributed by atoms with Crippen molar-refractivity contribution in [1.29, 1.82) is 0 Å². The molecule has 0 saturated carbocycles. The summed E-state index contributed by atoms with van der Waals surface area (Å²) in [5.74, 6) is 0. The molecule has 0 bridgehead atoms. The van der Waals surface area contributed by atoms with E-state index in [1.807, 2.05) is 25.2 Å². The molecule has 0 atom stereocenters. The Morgan fingerprint density at radius 3 is 3.06 bits per heavy atom. The minimum absolute atomic E-state index is 0.744. The van der Waals surface area contributed by atoms with Gasteiger partial charge in [-0.1, -0.05) is 30.4 Å². The topological polar surface area (TPSA) is 29.1 Å². The number of nitrogens with one attached hydrogen (secondary N) is 1. The molecule has 88 valence electrons. The molecule has 0 radical (unpaired) electrons. The lowest BCUT2D eigenvalue weighted by Crippen LogP contribution is -2.11. The van der Waals surface area contributed by atoms with Crippen LogP contribution >= 0.6 is 0 Å². The maximum atomic E-state index is 10.7. The number of benzene rings is 1. The molecular formula is C15H17NO. The fourth-order valence-electron chi connectivity index (χ4n) is 2.16. The third kappa shape index (κ3) is 2.84. The van der Waals surface area contributed by atoms with E-state index < -0.39 is 0 Å². The largest absolute Gasteiger partial charge is 0.391 e. The van der Waals surface area contributed by atoms with Crippen LogP contribution in [0.5, 0.6) is 0 Å². The van der Waals surface area contributed by atoms with Gasteiger partial charge in [-0.25, -0.2) is 0 Å². The average Bonchev–Trinajstić information content (AvgIpc) is 2.39. The molecule has 0 aromatic heterocycles. The second-order valence-electron chi connectivity index (χ2n) is 4.23. The number of hydrogen-bond donors (Lipinski definition) is 1. The molecule has 1 N–H and O–H groups in total. The maximum absolute atomic E-state index is 10.7. The SMILES string of the molecule is CNC1=C(Cc2cccc(C=O)c2)C=CCC1. The summed E-state index contributed by atoms with van der Waals surface area (Å²) in [6.07, 6.45) is 8.36. The molecule has 0 saturated heterocycles. The van der Waals surface area contributed by atoms with Gasteiger partial charge in [0.05, 0.1) is 0 Å². The fourth-order valence-corrected chi connectivity index (χ4v) is 2.16. The Kier molecular flexibility index (Phi) is 3.76. The van der Waals surface area contributed by atoms with Crippen LogP contribution in [0.3, 0.4) is 0 Å². The third-order valence-corrected chi connectivity index (χ3v) is 3.05. The zero-order chi connectivity index (χ0) is 12.1. The monoisotopic (exact) mass is 227 g/mol. The Balaban J connectivity index is 2.22. The summed E-state index contributed by atoms with van der Waals surface area (Å²) in [6, 6.07) is 7.79. The zero-order valence-electron chi connectivity index (χ0n) is 10.1. The van der Waals surface area contributed by atoms with Gasteiger partial charge in [0.1, 0.15) is 6.29 Å². The minimum Gasteiger partial charge on any atom is -0.391 e. The number of hydrogen-bond acceptors (Lipinski definition) is 2. The van der Waals surface area contributed by atoms with Crippen LogP contribution in [0.15, 0.2) is 47.7 Å². The first-order valence-corrected chi connectivity index (χ1v) is 5.94. The molecule has 0 fully saturated rings. The molecule has 0 unspecified atom stereocenters. The van der Waals surface area contributed by atoms with Gasteiger partial charge in [-0.05, 0) is 36.5 Å². The Morgan fingerprint density at radius 2 is 2.29 bits per heavy atom. The van der Waals surface area contributed by atoms with Crippen LogP contribution in [0.4, 0.5) is 0 Å². The Bertz CT molecular complexity index is 472. The van der Waals surface area contributed by atoms with Crippen molar-refractivity contribution in [3.63, 3.8) is 0 Å². The van der Waals surface area contributed by atoms with Crippen LogP contribution in [0.2, 0.25) is 0 Å². The molecule has 0 aliphatic heterocycles. The number of carbonyl (C=O) groups excluding carboxylic acids is 1.